The third-order valence-electron chi connectivity index (χ3n) is 1.42. The van der Waals surface area contributed by atoms with Crippen LogP contribution in [-0.4, -0.2) is 35.0 Å². The highest BCUT2D eigenvalue weighted by Gasteiger charge is 2.21. The number of hydrogen-bond donors (Lipinski definition) is 1. The van der Waals surface area contributed by atoms with Gasteiger partial charge in [0.15, 0.2) is 6.23 Å². The van der Waals surface area contributed by atoms with Crippen LogP contribution in [0.2, 0.25) is 0 Å². The van der Waals surface area contributed by atoms with Crippen LogP contribution in [0.1, 0.15) is 0 Å². The highest BCUT2D eigenvalue weighted by Crippen LogP contribution is 2.09. The van der Waals surface area contributed by atoms with Crippen molar-refractivity contribution in [2.75, 3.05) is 6.54 Å². The first-order valence-electron chi connectivity index (χ1n) is 3.09. The lowest BCUT2D eigenvalue weighted by Crippen LogP contribution is -2.24. The third-order valence-corrected chi connectivity index (χ3v) is 1.42. The molecule has 10 heavy (non-hydrogen) atoms. The molecule has 0 aromatic rings. The second-order valence-corrected chi connectivity index (χ2v) is 2.18. The number of nitrogens with zero attached hydrogens (tertiary/aromatic N) is 3. The zero-order chi connectivity index (χ0) is 6.97. The largest absolute Gasteiger partial charge is 0.370 e. The first kappa shape index (κ1) is 5.61. The number of aliphatic hydroxyl groups is 1. The Morgan fingerprint density at radius 2 is 2.60 bits per heavy atom. The van der Waals surface area contributed by atoms with Crippen molar-refractivity contribution >= 4 is 12.2 Å². The SMILES string of the molecule is OC1CN2C=CC=NC2=N1. The van der Waals surface area contributed by atoms with Crippen molar-refractivity contribution in [2.24, 2.45) is 9.98 Å². The Kier molecular flexibility index (Phi) is 1.07. The zero-order valence-electron chi connectivity index (χ0n) is 5.31. The summed E-state index contributed by atoms with van der Waals surface area (Å²) in [5.74, 6) is 0.606. The van der Waals surface area contributed by atoms with Crippen molar-refractivity contribution in [3.63, 3.8) is 0 Å². The Balaban J connectivity index is 2.29. The molecule has 0 saturated heterocycles. The number of aliphatic hydroxyl groups excluding tert-OH is 1. The number of hydrogen-bond acceptors (Lipinski definition) is 4. The molecule has 1 N–H and O–H groups in total. The third kappa shape index (κ3) is 0.733. The number of aliphatic imine (C=N–C) groups is 2. The molecule has 0 saturated carbocycles. The lowest BCUT2D eigenvalue weighted by Gasteiger charge is -2.12. The van der Waals surface area contributed by atoms with E-state index in [4.69, 9.17) is 5.11 Å². The minimum absolute atomic E-state index is 0.531. The lowest BCUT2D eigenvalue weighted by molar-refractivity contribution is 0.182. The number of fused-ring (bicyclic) bond motifs is 1. The maximum Gasteiger partial charge on any atom is 0.227 e. The first-order valence-corrected chi connectivity index (χ1v) is 3.09. The quantitative estimate of drug-likeness (QED) is 0.492. The molecule has 0 bridgehead atoms. The fourth-order valence-corrected chi connectivity index (χ4v) is 0.993. The monoisotopic (exact) mass is 137 g/mol. The van der Waals surface area contributed by atoms with Gasteiger partial charge in [0.1, 0.15) is 0 Å². The van der Waals surface area contributed by atoms with Crippen molar-refractivity contribution in [1.82, 2.24) is 4.90 Å². The summed E-state index contributed by atoms with van der Waals surface area (Å²) in [7, 11) is 0. The van der Waals surface area contributed by atoms with Gasteiger partial charge >= 0.3 is 0 Å². The van der Waals surface area contributed by atoms with Crippen molar-refractivity contribution in [1.29, 1.82) is 0 Å². The van der Waals surface area contributed by atoms with Gasteiger partial charge in [-0.15, -0.1) is 0 Å². The molecule has 2 rings (SSSR count). The predicted molar refractivity (Wildman–Crippen MR) is 37.8 cm³/mol. The van der Waals surface area contributed by atoms with Crippen LogP contribution in [0.5, 0.6) is 0 Å². The van der Waals surface area contributed by atoms with Gasteiger partial charge in [0.25, 0.3) is 0 Å². The van der Waals surface area contributed by atoms with Crippen LogP contribution in [0.3, 0.4) is 0 Å². The van der Waals surface area contributed by atoms with Crippen LogP contribution in [-0.2, 0) is 0 Å². The summed E-state index contributed by atoms with van der Waals surface area (Å²) in [6, 6.07) is 0. The molecule has 0 aromatic carbocycles. The van der Waals surface area contributed by atoms with Gasteiger partial charge in [-0.05, 0) is 6.08 Å². The van der Waals surface area contributed by atoms with Crippen molar-refractivity contribution in [2.45, 2.75) is 6.23 Å². The summed E-state index contributed by atoms with van der Waals surface area (Å²) in [4.78, 5) is 9.62. The summed E-state index contributed by atoms with van der Waals surface area (Å²) in [5, 5.41) is 9.02. The van der Waals surface area contributed by atoms with Crippen molar-refractivity contribution in [3.8, 4) is 0 Å². The average molecular weight is 137 g/mol. The Morgan fingerprint density at radius 3 is 3.40 bits per heavy atom. The van der Waals surface area contributed by atoms with Crippen LogP contribution < -0.4 is 0 Å². The molecule has 1 atom stereocenters. The Hall–Kier alpha value is -1.16. The summed E-state index contributed by atoms with van der Waals surface area (Å²) in [6.45, 7) is 0.531. The second-order valence-electron chi connectivity index (χ2n) is 2.18. The van der Waals surface area contributed by atoms with Gasteiger partial charge in [-0.3, -0.25) is 0 Å². The zero-order valence-corrected chi connectivity index (χ0v) is 5.31. The van der Waals surface area contributed by atoms with Gasteiger partial charge in [-0.1, -0.05) is 0 Å². The Morgan fingerprint density at radius 1 is 1.70 bits per heavy atom. The average Bonchev–Trinajstić information content (AvgIpc) is 2.27. The fourth-order valence-electron chi connectivity index (χ4n) is 0.993. The van der Waals surface area contributed by atoms with Gasteiger partial charge in [0.2, 0.25) is 5.96 Å². The maximum absolute atomic E-state index is 9.02. The molecule has 2 heterocycles. The van der Waals surface area contributed by atoms with E-state index in [0.717, 1.165) is 0 Å². The van der Waals surface area contributed by atoms with E-state index in [2.05, 4.69) is 9.98 Å². The smallest absolute Gasteiger partial charge is 0.227 e. The molecule has 2 aliphatic rings. The summed E-state index contributed by atoms with van der Waals surface area (Å²) in [6.07, 6.45) is 4.72. The summed E-state index contributed by atoms with van der Waals surface area (Å²) >= 11 is 0. The predicted octanol–water partition coefficient (Wildman–Crippen LogP) is -0.425. The van der Waals surface area contributed by atoms with Crippen molar-refractivity contribution in [3.05, 3.63) is 12.3 Å². The first-order chi connectivity index (χ1) is 4.86. The van der Waals surface area contributed by atoms with Crippen LogP contribution in [0.15, 0.2) is 22.3 Å². The molecule has 0 amide bonds. The minimum atomic E-state index is -0.602. The Bertz CT molecular complexity index is 231. The standard InChI is InChI=1S/C6H7N3O/c10-5-4-9-3-1-2-7-6(9)8-5/h1-3,5,10H,4H2. The van der Waals surface area contributed by atoms with E-state index in [1.54, 1.807) is 6.21 Å². The molecule has 52 valence electrons. The molecular weight excluding hydrogens is 130 g/mol. The number of rotatable bonds is 0. The van der Waals surface area contributed by atoms with E-state index in [9.17, 15) is 0 Å². The molecule has 0 aromatic heterocycles. The molecule has 1 unspecified atom stereocenters. The van der Waals surface area contributed by atoms with Gasteiger partial charge in [-0.2, -0.15) is 0 Å². The molecule has 4 nitrogen and oxygen atoms in total. The van der Waals surface area contributed by atoms with Crippen molar-refractivity contribution < 1.29 is 5.11 Å². The molecule has 2 aliphatic heterocycles. The van der Waals surface area contributed by atoms with E-state index >= 15 is 0 Å². The highest BCUT2D eigenvalue weighted by molar-refractivity contribution is 5.95. The summed E-state index contributed by atoms with van der Waals surface area (Å²) < 4.78 is 0. The van der Waals surface area contributed by atoms with E-state index in [0.29, 0.717) is 12.5 Å². The van der Waals surface area contributed by atoms with Gasteiger partial charge < -0.3 is 10.0 Å². The van der Waals surface area contributed by atoms with E-state index in [1.807, 2.05) is 17.2 Å². The van der Waals surface area contributed by atoms with Crippen LogP contribution in [0, 0.1) is 0 Å². The molecular formula is C6H7N3O. The van der Waals surface area contributed by atoms with Gasteiger partial charge in [0, 0.05) is 12.4 Å². The molecule has 0 fully saturated rings. The summed E-state index contributed by atoms with van der Waals surface area (Å²) in [5.41, 5.74) is 0. The second kappa shape index (κ2) is 1.91. The molecule has 0 radical (unpaired) electrons. The normalized spacial score (nSPS) is 28.7. The van der Waals surface area contributed by atoms with Crippen LogP contribution in [0.4, 0.5) is 0 Å². The molecule has 0 spiro atoms. The fraction of sp³-hybridized carbons (Fsp3) is 0.333. The van der Waals surface area contributed by atoms with E-state index in [1.165, 1.54) is 0 Å². The number of allylic oxidation sites excluding steroid dienone is 1. The maximum atomic E-state index is 9.02. The topological polar surface area (TPSA) is 48.2 Å². The minimum Gasteiger partial charge on any atom is -0.370 e. The molecule has 0 aliphatic carbocycles. The Labute approximate surface area is 58.2 Å². The van der Waals surface area contributed by atoms with Gasteiger partial charge in [-0.25, -0.2) is 9.98 Å². The van der Waals surface area contributed by atoms with Crippen LogP contribution >= 0.6 is 0 Å². The van der Waals surface area contributed by atoms with Gasteiger partial charge in [0.05, 0.1) is 6.54 Å². The lowest BCUT2D eigenvalue weighted by atomic mass is 10.5. The number of guanidine groups is 1. The highest BCUT2D eigenvalue weighted by atomic mass is 16.3. The van der Waals surface area contributed by atoms with E-state index < -0.39 is 6.23 Å². The molecule has 4 heteroatoms. The van der Waals surface area contributed by atoms with Crippen LogP contribution in [0.25, 0.3) is 0 Å². The van der Waals surface area contributed by atoms with E-state index in [-0.39, 0.29) is 0 Å².